The molecule has 0 amide bonds. The first-order valence-electron chi connectivity index (χ1n) is 5.00. The molecular weight excluding hydrogens is 208 g/mol. The van der Waals surface area contributed by atoms with Gasteiger partial charge in [0.2, 0.25) is 0 Å². The van der Waals surface area contributed by atoms with E-state index in [1.54, 1.807) is 32.0 Å². The van der Waals surface area contributed by atoms with Gasteiger partial charge in [-0.25, -0.2) is 4.79 Å². The van der Waals surface area contributed by atoms with Gasteiger partial charge in [0.1, 0.15) is 5.75 Å². The number of esters is 2. The lowest BCUT2D eigenvalue weighted by molar-refractivity contribution is -0.131. The number of rotatable bonds is 3. The van der Waals surface area contributed by atoms with Crippen molar-refractivity contribution in [1.29, 1.82) is 0 Å². The summed E-state index contributed by atoms with van der Waals surface area (Å²) in [5.74, 6) is -0.323. The van der Waals surface area contributed by atoms with Gasteiger partial charge in [-0.2, -0.15) is 0 Å². The molecule has 4 heteroatoms. The SMILES string of the molecule is CCOC(=O)c1ccc(OC(C)=O)cc1C. The third-order valence-corrected chi connectivity index (χ3v) is 1.95. The summed E-state index contributed by atoms with van der Waals surface area (Å²) in [6.45, 7) is 5.18. The molecule has 0 N–H and O–H groups in total. The number of hydrogen-bond acceptors (Lipinski definition) is 4. The maximum absolute atomic E-state index is 11.5. The van der Waals surface area contributed by atoms with E-state index in [9.17, 15) is 9.59 Å². The Morgan fingerprint density at radius 1 is 1.31 bits per heavy atom. The van der Waals surface area contributed by atoms with E-state index in [2.05, 4.69) is 0 Å². The van der Waals surface area contributed by atoms with Gasteiger partial charge in [0.25, 0.3) is 0 Å². The van der Waals surface area contributed by atoms with Crippen molar-refractivity contribution in [1.82, 2.24) is 0 Å². The van der Waals surface area contributed by atoms with E-state index >= 15 is 0 Å². The van der Waals surface area contributed by atoms with Gasteiger partial charge in [0, 0.05) is 6.92 Å². The van der Waals surface area contributed by atoms with Gasteiger partial charge < -0.3 is 9.47 Å². The number of aryl methyl sites for hydroxylation is 1. The molecule has 0 radical (unpaired) electrons. The van der Waals surface area contributed by atoms with Crippen LogP contribution in [0.25, 0.3) is 0 Å². The lowest BCUT2D eigenvalue weighted by Gasteiger charge is -2.07. The molecule has 1 aromatic rings. The monoisotopic (exact) mass is 222 g/mol. The van der Waals surface area contributed by atoms with Crippen LogP contribution in [0, 0.1) is 6.92 Å². The molecule has 0 atom stereocenters. The summed E-state index contributed by atoms with van der Waals surface area (Å²) in [7, 11) is 0. The fraction of sp³-hybridized carbons (Fsp3) is 0.333. The third kappa shape index (κ3) is 3.08. The van der Waals surface area contributed by atoms with E-state index in [1.165, 1.54) is 6.92 Å². The summed E-state index contributed by atoms with van der Waals surface area (Å²) < 4.78 is 9.78. The molecule has 0 bridgehead atoms. The molecule has 4 nitrogen and oxygen atoms in total. The molecule has 0 spiro atoms. The first-order valence-corrected chi connectivity index (χ1v) is 5.00. The third-order valence-electron chi connectivity index (χ3n) is 1.95. The van der Waals surface area contributed by atoms with Crippen molar-refractivity contribution in [2.24, 2.45) is 0 Å². The fourth-order valence-corrected chi connectivity index (χ4v) is 1.30. The van der Waals surface area contributed by atoms with Gasteiger partial charge >= 0.3 is 11.9 Å². The summed E-state index contributed by atoms with van der Waals surface area (Å²) in [5.41, 5.74) is 1.20. The van der Waals surface area contributed by atoms with E-state index in [1.807, 2.05) is 0 Å². The summed E-state index contributed by atoms with van der Waals surface area (Å²) in [4.78, 5) is 22.2. The molecule has 86 valence electrons. The first kappa shape index (κ1) is 12.2. The first-order chi connectivity index (χ1) is 7.54. The largest absolute Gasteiger partial charge is 0.462 e. The quantitative estimate of drug-likeness (QED) is 0.580. The second-order valence-electron chi connectivity index (χ2n) is 3.29. The van der Waals surface area contributed by atoms with Gasteiger partial charge in [0.05, 0.1) is 12.2 Å². The van der Waals surface area contributed by atoms with Crippen molar-refractivity contribution in [3.63, 3.8) is 0 Å². The number of hydrogen-bond donors (Lipinski definition) is 0. The van der Waals surface area contributed by atoms with E-state index in [0.29, 0.717) is 17.9 Å². The highest BCUT2D eigenvalue weighted by Gasteiger charge is 2.10. The summed E-state index contributed by atoms with van der Waals surface area (Å²) >= 11 is 0. The zero-order valence-corrected chi connectivity index (χ0v) is 9.57. The van der Waals surface area contributed by atoms with Gasteiger partial charge in [-0.3, -0.25) is 4.79 Å². The standard InChI is InChI=1S/C12H14O4/c1-4-15-12(14)11-6-5-10(7-8(11)2)16-9(3)13/h5-7H,4H2,1-3H3. The molecule has 16 heavy (non-hydrogen) atoms. The smallest absolute Gasteiger partial charge is 0.338 e. The highest BCUT2D eigenvalue weighted by Crippen LogP contribution is 2.18. The average molecular weight is 222 g/mol. The summed E-state index contributed by atoms with van der Waals surface area (Å²) in [6.07, 6.45) is 0. The molecule has 0 unspecified atom stereocenters. The zero-order chi connectivity index (χ0) is 12.1. The molecule has 0 heterocycles. The van der Waals surface area contributed by atoms with E-state index in [4.69, 9.17) is 9.47 Å². The Kier molecular flexibility index (Phi) is 4.05. The van der Waals surface area contributed by atoms with Crippen LogP contribution in [0.5, 0.6) is 5.75 Å². The summed E-state index contributed by atoms with van der Waals surface area (Å²) in [6, 6.07) is 4.79. The molecule has 0 aliphatic rings. The normalized spacial score (nSPS) is 9.69. The van der Waals surface area contributed by atoms with Crippen LogP contribution in [-0.4, -0.2) is 18.5 Å². The molecule has 0 aliphatic carbocycles. The van der Waals surface area contributed by atoms with Crippen molar-refractivity contribution in [2.75, 3.05) is 6.61 Å². The van der Waals surface area contributed by atoms with E-state index in [0.717, 1.165) is 5.56 Å². The lowest BCUT2D eigenvalue weighted by atomic mass is 10.1. The zero-order valence-electron chi connectivity index (χ0n) is 9.57. The maximum atomic E-state index is 11.5. The van der Waals surface area contributed by atoms with Crippen LogP contribution >= 0.6 is 0 Å². The predicted octanol–water partition coefficient (Wildman–Crippen LogP) is 2.10. The van der Waals surface area contributed by atoms with Crippen molar-refractivity contribution in [2.45, 2.75) is 20.8 Å². The topological polar surface area (TPSA) is 52.6 Å². The molecule has 0 fully saturated rings. The Hall–Kier alpha value is -1.84. The van der Waals surface area contributed by atoms with E-state index < -0.39 is 0 Å². The van der Waals surface area contributed by atoms with Crippen LogP contribution in [0.4, 0.5) is 0 Å². The Bertz CT molecular complexity index is 409. The molecule has 1 aromatic carbocycles. The van der Waals surface area contributed by atoms with Crippen LogP contribution in [-0.2, 0) is 9.53 Å². The van der Waals surface area contributed by atoms with Crippen LogP contribution in [0.1, 0.15) is 29.8 Å². The molecule has 0 aromatic heterocycles. The Morgan fingerprint density at radius 2 is 2.00 bits per heavy atom. The molecule has 1 rings (SSSR count). The molecular formula is C12H14O4. The number of carbonyl (C=O) groups excluding carboxylic acids is 2. The second-order valence-corrected chi connectivity index (χ2v) is 3.29. The summed E-state index contributed by atoms with van der Waals surface area (Å²) in [5, 5.41) is 0. The molecule has 0 saturated carbocycles. The van der Waals surface area contributed by atoms with E-state index in [-0.39, 0.29) is 11.9 Å². The Morgan fingerprint density at radius 3 is 2.50 bits per heavy atom. The van der Waals surface area contributed by atoms with Crippen molar-refractivity contribution >= 4 is 11.9 Å². The van der Waals surface area contributed by atoms with Gasteiger partial charge in [-0.1, -0.05) is 0 Å². The minimum Gasteiger partial charge on any atom is -0.462 e. The minimum atomic E-state index is -0.386. The highest BCUT2D eigenvalue weighted by molar-refractivity contribution is 5.91. The van der Waals surface area contributed by atoms with Crippen LogP contribution < -0.4 is 4.74 Å². The highest BCUT2D eigenvalue weighted by atomic mass is 16.5. The minimum absolute atomic E-state index is 0.337. The predicted molar refractivity (Wildman–Crippen MR) is 58.4 cm³/mol. The number of benzene rings is 1. The van der Waals surface area contributed by atoms with Crippen LogP contribution in [0.15, 0.2) is 18.2 Å². The van der Waals surface area contributed by atoms with Gasteiger partial charge in [-0.15, -0.1) is 0 Å². The maximum Gasteiger partial charge on any atom is 0.338 e. The molecule has 0 saturated heterocycles. The van der Waals surface area contributed by atoms with Gasteiger partial charge in [-0.05, 0) is 37.6 Å². The average Bonchev–Trinajstić information content (AvgIpc) is 2.16. The second kappa shape index (κ2) is 5.30. The fourth-order valence-electron chi connectivity index (χ4n) is 1.30. The van der Waals surface area contributed by atoms with Crippen LogP contribution in [0.3, 0.4) is 0 Å². The number of ether oxygens (including phenoxy) is 2. The van der Waals surface area contributed by atoms with Crippen molar-refractivity contribution in [3.8, 4) is 5.75 Å². The van der Waals surface area contributed by atoms with Crippen molar-refractivity contribution in [3.05, 3.63) is 29.3 Å². The van der Waals surface area contributed by atoms with Crippen LogP contribution in [0.2, 0.25) is 0 Å². The Balaban J connectivity index is 2.91. The van der Waals surface area contributed by atoms with Gasteiger partial charge in [0.15, 0.2) is 0 Å². The lowest BCUT2D eigenvalue weighted by Crippen LogP contribution is -2.07. The number of carbonyl (C=O) groups is 2. The van der Waals surface area contributed by atoms with Crippen molar-refractivity contribution < 1.29 is 19.1 Å². The Labute approximate surface area is 94.2 Å². The molecule has 0 aliphatic heterocycles.